The molecule has 124 valence electrons. The van der Waals surface area contributed by atoms with Crippen LogP contribution in [0.4, 0.5) is 8.78 Å². The van der Waals surface area contributed by atoms with Crippen molar-refractivity contribution in [1.29, 1.82) is 0 Å². The average Bonchev–Trinajstić information content (AvgIpc) is 2.93. The number of rotatable bonds is 2. The second kappa shape index (κ2) is 5.70. The minimum atomic E-state index is -1.14. The Morgan fingerprint density at radius 1 is 0.960 bits per heavy atom. The van der Waals surface area contributed by atoms with Crippen molar-refractivity contribution in [3.63, 3.8) is 0 Å². The van der Waals surface area contributed by atoms with E-state index in [0.717, 1.165) is 0 Å². The molecule has 2 aromatic carbocycles. The first-order chi connectivity index (χ1) is 12.0. The van der Waals surface area contributed by atoms with Gasteiger partial charge in [-0.3, -0.25) is 0 Å². The number of amidine groups is 1. The van der Waals surface area contributed by atoms with Crippen LogP contribution in [0.5, 0.6) is 0 Å². The van der Waals surface area contributed by atoms with Gasteiger partial charge in [0.15, 0.2) is 0 Å². The third-order valence-corrected chi connectivity index (χ3v) is 4.87. The van der Waals surface area contributed by atoms with E-state index >= 15 is 0 Å². The number of fused-ring (bicyclic) bond motifs is 1. The van der Waals surface area contributed by atoms with Gasteiger partial charge in [0.2, 0.25) is 0 Å². The van der Waals surface area contributed by atoms with Gasteiger partial charge in [0, 0.05) is 23.5 Å². The third kappa shape index (κ3) is 2.26. The Morgan fingerprint density at radius 2 is 1.72 bits per heavy atom. The van der Waals surface area contributed by atoms with E-state index in [4.69, 9.17) is 5.73 Å². The van der Waals surface area contributed by atoms with Crippen molar-refractivity contribution in [1.82, 2.24) is 9.97 Å². The highest BCUT2D eigenvalue weighted by Crippen LogP contribution is 2.46. The molecule has 1 aliphatic rings. The van der Waals surface area contributed by atoms with E-state index in [-0.39, 0.29) is 15.9 Å². The lowest BCUT2D eigenvalue weighted by Crippen LogP contribution is -2.26. The minimum Gasteiger partial charge on any atom is -0.383 e. The first-order valence-electron chi connectivity index (χ1n) is 7.40. The maximum Gasteiger partial charge on any atom is 0.142 e. The van der Waals surface area contributed by atoms with Crippen molar-refractivity contribution in [2.75, 3.05) is 0 Å². The highest BCUT2D eigenvalue weighted by molar-refractivity contribution is 9.10. The van der Waals surface area contributed by atoms with Crippen molar-refractivity contribution >= 4 is 21.8 Å². The molecule has 2 N–H and O–H groups in total. The van der Waals surface area contributed by atoms with Gasteiger partial charge < -0.3 is 5.73 Å². The lowest BCUT2D eigenvalue weighted by Gasteiger charge is -2.28. The monoisotopic (exact) mass is 400 g/mol. The molecular weight excluding hydrogens is 390 g/mol. The molecule has 4 rings (SSSR count). The van der Waals surface area contributed by atoms with Gasteiger partial charge in [-0.1, -0.05) is 18.2 Å². The molecule has 1 aliphatic heterocycles. The molecule has 0 fully saturated rings. The Hall–Kier alpha value is -2.67. The fourth-order valence-electron chi connectivity index (χ4n) is 3.20. The van der Waals surface area contributed by atoms with Crippen LogP contribution in [0.25, 0.3) is 0 Å². The van der Waals surface area contributed by atoms with Crippen molar-refractivity contribution in [3.05, 3.63) is 93.5 Å². The molecule has 25 heavy (non-hydrogen) atoms. The van der Waals surface area contributed by atoms with Gasteiger partial charge in [-0.15, -0.1) is 0 Å². The molecular formula is C18H11BrF2N4. The summed E-state index contributed by atoms with van der Waals surface area (Å²) >= 11 is 3.20. The number of halogens is 3. The van der Waals surface area contributed by atoms with Gasteiger partial charge >= 0.3 is 0 Å². The van der Waals surface area contributed by atoms with Crippen LogP contribution in [0.1, 0.15) is 22.3 Å². The quantitative estimate of drug-likeness (QED) is 0.715. The fraction of sp³-hybridized carbons (Fsp3) is 0.0556. The first-order valence-corrected chi connectivity index (χ1v) is 8.19. The molecule has 0 amide bonds. The maximum absolute atomic E-state index is 14.4. The highest BCUT2D eigenvalue weighted by Gasteiger charge is 2.44. The summed E-state index contributed by atoms with van der Waals surface area (Å²) in [7, 11) is 0. The van der Waals surface area contributed by atoms with Crippen LogP contribution in [-0.2, 0) is 5.54 Å². The molecule has 0 saturated carbocycles. The lowest BCUT2D eigenvalue weighted by molar-refractivity contribution is 0.606. The number of nitrogens with two attached hydrogens (primary N) is 1. The molecule has 7 heteroatoms. The summed E-state index contributed by atoms with van der Waals surface area (Å²) in [6.07, 6.45) is 4.59. The number of aromatic nitrogens is 2. The number of nitrogens with zero attached hydrogens (tertiary/aromatic N) is 3. The van der Waals surface area contributed by atoms with E-state index in [1.54, 1.807) is 36.7 Å². The van der Waals surface area contributed by atoms with Crippen LogP contribution in [0, 0.1) is 11.6 Å². The van der Waals surface area contributed by atoms with E-state index in [1.165, 1.54) is 18.5 Å². The third-order valence-electron chi connectivity index (χ3n) is 4.26. The summed E-state index contributed by atoms with van der Waals surface area (Å²) in [4.78, 5) is 12.7. The number of benzene rings is 2. The molecule has 1 aromatic heterocycles. The summed E-state index contributed by atoms with van der Waals surface area (Å²) in [5, 5.41) is 0. The fourth-order valence-corrected chi connectivity index (χ4v) is 3.58. The van der Waals surface area contributed by atoms with Crippen LogP contribution < -0.4 is 5.73 Å². The van der Waals surface area contributed by atoms with E-state index < -0.39 is 17.2 Å². The standard InChI is InChI=1S/C18H11BrF2N4/c19-13-6-10(4-5-14(13)20)18(11-7-23-9-24-8-11)12-2-1-3-15(21)16(12)17(22)25-18/h1-9H,(H2,22,25). The Labute approximate surface area is 150 Å². The van der Waals surface area contributed by atoms with Crippen molar-refractivity contribution < 1.29 is 8.78 Å². The minimum absolute atomic E-state index is 0.0809. The Morgan fingerprint density at radius 3 is 2.44 bits per heavy atom. The molecule has 0 bridgehead atoms. The average molecular weight is 401 g/mol. The molecule has 0 radical (unpaired) electrons. The number of aliphatic imine (C=N–C) groups is 1. The normalized spacial score (nSPS) is 18.8. The van der Waals surface area contributed by atoms with E-state index in [2.05, 4.69) is 30.9 Å². The highest BCUT2D eigenvalue weighted by atomic mass is 79.9. The molecule has 3 aromatic rings. The van der Waals surface area contributed by atoms with Gasteiger partial charge in [-0.2, -0.15) is 0 Å². The number of hydrogen-bond acceptors (Lipinski definition) is 4. The van der Waals surface area contributed by atoms with Crippen molar-refractivity contribution in [2.24, 2.45) is 10.7 Å². The molecule has 1 unspecified atom stereocenters. The second-order valence-corrected chi connectivity index (χ2v) is 6.48. The summed E-state index contributed by atoms with van der Waals surface area (Å²) in [5.41, 5.74) is 6.96. The summed E-state index contributed by atoms with van der Waals surface area (Å²) in [6.45, 7) is 0. The molecule has 1 atom stereocenters. The van der Waals surface area contributed by atoms with Crippen LogP contribution in [0.2, 0.25) is 0 Å². The zero-order chi connectivity index (χ0) is 17.6. The van der Waals surface area contributed by atoms with Crippen LogP contribution in [-0.4, -0.2) is 15.8 Å². The van der Waals surface area contributed by atoms with E-state index in [9.17, 15) is 8.78 Å². The first kappa shape index (κ1) is 15.8. The van der Waals surface area contributed by atoms with E-state index in [1.807, 2.05) is 0 Å². The number of hydrogen-bond donors (Lipinski definition) is 1. The van der Waals surface area contributed by atoms with Gasteiger partial charge in [-0.25, -0.2) is 23.7 Å². The Kier molecular flexibility index (Phi) is 3.61. The molecule has 2 heterocycles. The van der Waals surface area contributed by atoms with Crippen molar-refractivity contribution in [2.45, 2.75) is 5.54 Å². The summed E-state index contributed by atoms with van der Waals surface area (Å²) in [5.74, 6) is -0.784. The predicted octanol–water partition coefficient (Wildman–Crippen LogP) is 3.53. The molecule has 0 aliphatic carbocycles. The molecule has 4 nitrogen and oxygen atoms in total. The second-order valence-electron chi connectivity index (χ2n) is 5.63. The van der Waals surface area contributed by atoms with Gasteiger partial charge in [0.1, 0.15) is 29.3 Å². The zero-order valence-electron chi connectivity index (χ0n) is 12.7. The lowest BCUT2D eigenvalue weighted by atomic mass is 9.78. The largest absolute Gasteiger partial charge is 0.383 e. The topological polar surface area (TPSA) is 64.2 Å². The zero-order valence-corrected chi connectivity index (χ0v) is 14.3. The predicted molar refractivity (Wildman–Crippen MR) is 93.1 cm³/mol. The van der Waals surface area contributed by atoms with E-state index in [0.29, 0.717) is 16.7 Å². The van der Waals surface area contributed by atoms with Gasteiger partial charge in [-0.05, 0) is 39.7 Å². The van der Waals surface area contributed by atoms with Crippen molar-refractivity contribution in [3.8, 4) is 0 Å². The maximum atomic E-state index is 14.4. The Bertz CT molecular complexity index is 1010. The van der Waals surface area contributed by atoms with Crippen LogP contribution >= 0.6 is 15.9 Å². The Balaban J connectivity index is 2.10. The van der Waals surface area contributed by atoms with Crippen LogP contribution in [0.3, 0.4) is 0 Å². The summed E-state index contributed by atoms with van der Waals surface area (Å²) in [6, 6.07) is 9.22. The van der Waals surface area contributed by atoms with Gasteiger partial charge in [0.25, 0.3) is 0 Å². The SMILES string of the molecule is NC1=NC(c2cncnc2)(c2ccc(F)c(Br)c2)c2cccc(F)c21. The molecule has 0 saturated heterocycles. The summed E-state index contributed by atoms with van der Waals surface area (Å²) < 4.78 is 28.4. The van der Waals surface area contributed by atoms with Crippen LogP contribution in [0.15, 0.2) is 64.6 Å². The smallest absolute Gasteiger partial charge is 0.142 e. The van der Waals surface area contributed by atoms with Gasteiger partial charge in [0.05, 0.1) is 10.0 Å². The molecule has 0 spiro atoms.